The van der Waals surface area contributed by atoms with E-state index in [0.29, 0.717) is 11.3 Å². The number of carboxylic acid groups (broad SMARTS) is 1. The van der Waals surface area contributed by atoms with Gasteiger partial charge in [0.25, 0.3) is 0 Å². The van der Waals surface area contributed by atoms with Gasteiger partial charge in [-0.1, -0.05) is 12.1 Å². The highest BCUT2D eigenvalue weighted by molar-refractivity contribution is 5.81. The highest BCUT2D eigenvalue weighted by atomic mass is 16.4. The summed E-state index contributed by atoms with van der Waals surface area (Å²) in [5, 5.41) is 8.36. The smallest absolute Gasteiger partial charge is 0.312 e. The number of carbonyl (C=O) groups is 1. The lowest BCUT2D eigenvalue weighted by molar-refractivity contribution is -0.132. The number of anilines is 1. The van der Waals surface area contributed by atoms with E-state index in [-0.39, 0.29) is 0 Å². The Morgan fingerprint density at radius 2 is 2.27 bits per heavy atom. The third-order valence-electron chi connectivity index (χ3n) is 1.20. The summed E-state index contributed by atoms with van der Waals surface area (Å²) in [5.41, 5.74) is 6.60. The quantitative estimate of drug-likeness (QED) is 0.616. The SMILES string of the molecule is Nc1cccc([CH]C(=O)O)c1. The molecule has 57 valence electrons. The van der Waals surface area contributed by atoms with Crippen LogP contribution in [0.15, 0.2) is 24.3 Å². The van der Waals surface area contributed by atoms with Gasteiger partial charge in [-0.05, 0) is 17.7 Å². The van der Waals surface area contributed by atoms with Crippen LogP contribution in [0.3, 0.4) is 0 Å². The molecule has 0 aliphatic heterocycles. The van der Waals surface area contributed by atoms with E-state index < -0.39 is 5.97 Å². The van der Waals surface area contributed by atoms with Gasteiger partial charge >= 0.3 is 5.97 Å². The summed E-state index contributed by atoms with van der Waals surface area (Å²) in [4.78, 5) is 10.2. The summed E-state index contributed by atoms with van der Waals surface area (Å²) in [6.45, 7) is 0. The molecule has 0 aliphatic carbocycles. The van der Waals surface area contributed by atoms with Gasteiger partial charge in [-0.2, -0.15) is 0 Å². The predicted molar refractivity (Wildman–Crippen MR) is 41.9 cm³/mol. The van der Waals surface area contributed by atoms with Gasteiger partial charge in [0.05, 0.1) is 6.42 Å². The van der Waals surface area contributed by atoms with Crippen LogP contribution in [0.4, 0.5) is 5.69 Å². The van der Waals surface area contributed by atoms with Gasteiger partial charge in [0.2, 0.25) is 0 Å². The third kappa shape index (κ3) is 2.29. The number of nitrogens with two attached hydrogens (primary N) is 1. The molecule has 0 fully saturated rings. The van der Waals surface area contributed by atoms with Crippen molar-refractivity contribution < 1.29 is 9.90 Å². The molecule has 3 N–H and O–H groups in total. The molecule has 3 nitrogen and oxygen atoms in total. The zero-order valence-corrected chi connectivity index (χ0v) is 5.82. The molecule has 0 atom stereocenters. The number of carboxylic acids is 1. The Balaban J connectivity index is 2.79. The van der Waals surface area contributed by atoms with E-state index >= 15 is 0 Å². The summed E-state index contributed by atoms with van der Waals surface area (Å²) < 4.78 is 0. The first-order valence-corrected chi connectivity index (χ1v) is 3.12. The van der Waals surface area contributed by atoms with Crippen molar-refractivity contribution in [1.29, 1.82) is 0 Å². The summed E-state index contributed by atoms with van der Waals surface area (Å²) >= 11 is 0. The van der Waals surface area contributed by atoms with Crippen molar-refractivity contribution in [3.8, 4) is 0 Å². The maximum absolute atomic E-state index is 10.2. The molecule has 1 radical (unpaired) electrons. The number of aliphatic carboxylic acids is 1. The van der Waals surface area contributed by atoms with E-state index in [0.717, 1.165) is 6.42 Å². The zero-order chi connectivity index (χ0) is 8.27. The Morgan fingerprint density at radius 3 is 2.82 bits per heavy atom. The van der Waals surface area contributed by atoms with Crippen LogP contribution in [0.5, 0.6) is 0 Å². The fraction of sp³-hybridized carbons (Fsp3) is 0. The Bertz CT molecular complexity index is 271. The third-order valence-corrected chi connectivity index (χ3v) is 1.20. The molecule has 0 heterocycles. The number of nitrogen functional groups attached to an aromatic ring is 1. The first-order chi connectivity index (χ1) is 5.18. The molecule has 0 spiro atoms. The highest BCUT2D eigenvalue weighted by Crippen LogP contribution is 2.07. The molecule has 0 unspecified atom stereocenters. The fourth-order valence-corrected chi connectivity index (χ4v) is 0.791. The van der Waals surface area contributed by atoms with E-state index in [4.69, 9.17) is 10.8 Å². The second kappa shape index (κ2) is 3.05. The minimum absolute atomic E-state index is 0.569. The van der Waals surface area contributed by atoms with Gasteiger partial charge in [-0.15, -0.1) is 0 Å². The molecule has 1 aromatic carbocycles. The molecule has 0 amide bonds. The molecular formula is C8H8NO2. The van der Waals surface area contributed by atoms with Crippen LogP contribution in [0, 0.1) is 6.42 Å². The lowest BCUT2D eigenvalue weighted by Crippen LogP contribution is -1.97. The second-order valence-electron chi connectivity index (χ2n) is 2.15. The Kier molecular flexibility index (Phi) is 2.11. The monoisotopic (exact) mass is 150 g/mol. The Hall–Kier alpha value is -1.51. The van der Waals surface area contributed by atoms with Gasteiger partial charge in [-0.3, -0.25) is 4.79 Å². The van der Waals surface area contributed by atoms with E-state index in [9.17, 15) is 4.79 Å². The Labute approximate surface area is 64.5 Å². The van der Waals surface area contributed by atoms with Crippen LogP contribution in [-0.2, 0) is 4.79 Å². The van der Waals surface area contributed by atoms with Crippen LogP contribution in [0.2, 0.25) is 0 Å². The number of benzene rings is 1. The highest BCUT2D eigenvalue weighted by Gasteiger charge is 1.99. The zero-order valence-electron chi connectivity index (χ0n) is 5.82. The molecule has 0 bridgehead atoms. The molecule has 0 aliphatic rings. The van der Waals surface area contributed by atoms with Crippen molar-refractivity contribution in [3.05, 3.63) is 36.2 Å². The average Bonchev–Trinajstić information content (AvgIpc) is 1.85. The largest absolute Gasteiger partial charge is 0.481 e. The Morgan fingerprint density at radius 1 is 1.55 bits per heavy atom. The van der Waals surface area contributed by atoms with E-state index in [2.05, 4.69) is 0 Å². The molecule has 0 saturated carbocycles. The van der Waals surface area contributed by atoms with Gasteiger partial charge in [-0.25, -0.2) is 0 Å². The van der Waals surface area contributed by atoms with E-state index in [1.54, 1.807) is 24.3 Å². The minimum Gasteiger partial charge on any atom is -0.481 e. The van der Waals surface area contributed by atoms with Crippen molar-refractivity contribution in [2.45, 2.75) is 0 Å². The summed E-state index contributed by atoms with van der Waals surface area (Å²) in [7, 11) is 0. The van der Waals surface area contributed by atoms with Crippen molar-refractivity contribution in [3.63, 3.8) is 0 Å². The second-order valence-corrected chi connectivity index (χ2v) is 2.15. The van der Waals surface area contributed by atoms with Crippen molar-refractivity contribution in [2.75, 3.05) is 5.73 Å². The molecule has 1 aromatic rings. The van der Waals surface area contributed by atoms with E-state index in [1.807, 2.05) is 0 Å². The van der Waals surface area contributed by atoms with Crippen LogP contribution < -0.4 is 5.73 Å². The van der Waals surface area contributed by atoms with Crippen LogP contribution in [0.25, 0.3) is 0 Å². The first kappa shape index (κ1) is 7.60. The number of rotatable bonds is 2. The van der Waals surface area contributed by atoms with Crippen LogP contribution in [-0.4, -0.2) is 11.1 Å². The maximum atomic E-state index is 10.2. The number of hydrogen-bond acceptors (Lipinski definition) is 2. The number of hydrogen-bond donors (Lipinski definition) is 2. The normalized spacial score (nSPS) is 9.45. The summed E-state index contributed by atoms with van der Waals surface area (Å²) in [5.74, 6) is -0.962. The first-order valence-electron chi connectivity index (χ1n) is 3.12. The molecule has 3 heteroatoms. The van der Waals surface area contributed by atoms with Gasteiger partial charge in [0.15, 0.2) is 0 Å². The molecule has 0 saturated heterocycles. The van der Waals surface area contributed by atoms with Crippen LogP contribution >= 0.6 is 0 Å². The summed E-state index contributed by atoms with van der Waals surface area (Å²) in [6, 6.07) is 6.71. The van der Waals surface area contributed by atoms with Gasteiger partial charge in [0.1, 0.15) is 0 Å². The maximum Gasteiger partial charge on any atom is 0.312 e. The van der Waals surface area contributed by atoms with Gasteiger partial charge < -0.3 is 10.8 Å². The predicted octanol–water partition coefficient (Wildman–Crippen LogP) is 0.906. The van der Waals surface area contributed by atoms with Crippen molar-refractivity contribution >= 4 is 11.7 Å². The molecule has 1 rings (SSSR count). The minimum atomic E-state index is -0.962. The van der Waals surface area contributed by atoms with Gasteiger partial charge in [0, 0.05) is 5.69 Å². The fourth-order valence-electron chi connectivity index (χ4n) is 0.791. The van der Waals surface area contributed by atoms with Crippen LogP contribution in [0.1, 0.15) is 5.56 Å². The molecule has 11 heavy (non-hydrogen) atoms. The van der Waals surface area contributed by atoms with Crippen molar-refractivity contribution in [1.82, 2.24) is 0 Å². The molecular weight excluding hydrogens is 142 g/mol. The topological polar surface area (TPSA) is 63.3 Å². The standard InChI is InChI=1S/C8H8NO2/c9-7-3-1-2-6(4-7)5-8(10)11/h1-5H,9H2,(H,10,11). The summed E-state index contributed by atoms with van der Waals surface area (Å²) in [6.07, 6.45) is 1.11. The molecule has 0 aromatic heterocycles. The lowest BCUT2D eigenvalue weighted by atomic mass is 10.1. The average molecular weight is 150 g/mol. The van der Waals surface area contributed by atoms with Crippen molar-refractivity contribution in [2.24, 2.45) is 0 Å². The van der Waals surface area contributed by atoms with E-state index in [1.165, 1.54) is 0 Å². The lowest BCUT2D eigenvalue weighted by Gasteiger charge is -1.96.